The molecule has 0 aliphatic carbocycles. The lowest BCUT2D eigenvalue weighted by molar-refractivity contribution is -0.141. The summed E-state index contributed by atoms with van der Waals surface area (Å²) in [5, 5.41) is 5.62. The Hall–Kier alpha value is -2.85. The van der Waals surface area contributed by atoms with Crippen LogP contribution in [0.1, 0.15) is 23.6 Å². The minimum atomic E-state index is -0.542. The van der Waals surface area contributed by atoms with E-state index in [1.54, 1.807) is 18.2 Å². The summed E-state index contributed by atoms with van der Waals surface area (Å²) in [7, 11) is 1.32. The average molecular weight is 382 g/mol. The van der Waals surface area contributed by atoms with Gasteiger partial charge in [-0.1, -0.05) is 72.3 Å². The summed E-state index contributed by atoms with van der Waals surface area (Å²) in [5.41, 5.74) is 1.60. The number of hydrogen-bond acceptors (Lipinski definition) is 3. The van der Waals surface area contributed by atoms with E-state index in [1.807, 2.05) is 48.5 Å². The number of halogens is 1. The molecule has 27 heavy (non-hydrogen) atoms. The largest absolute Gasteiger partial charge is 0.469 e. The first kappa shape index (κ1) is 18.9. The number of nitrogens with one attached hydrogen (secondary N) is 1. The Balaban J connectivity index is 1.76. The Bertz CT molecular complexity index is 970. The fourth-order valence-corrected chi connectivity index (χ4v) is 3.29. The van der Waals surface area contributed by atoms with Crippen LogP contribution in [0.4, 0.5) is 0 Å². The van der Waals surface area contributed by atoms with Crippen LogP contribution in [0, 0.1) is 0 Å². The Morgan fingerprint density at radius 3 is 2.44 bits per heavy atom. The standard InChI is InChI=1S/C22H20ClNO3/c1-27-22(26)14-20(18-8-4-5-9-19(18)23)24-21(25)13-15-10-11-16-6-2-3-7-17(16)12-15/h2-12,20H,13-14H2,1H3,(H,24,25)/t20-/m1/s1. The average Bonchev–Trinajstić information content (AvgIpc) is 2.67. The van der Waals surface area contributed by atoms with Crippen LogP contribution in [0.5, 0.6) is 0 Å². The summed E-state index contributed by atoms with van der Waals surface area (Å²) in [6.45, 7) is 0. The van der Waals surface area contributed by atoms with Crippen LogP contribution in [0.25, 0.3) is 10.8 Å². The normalized spacial score (nSPS) is 11.8. The quantitative estimate of drug-likeness (QED) is 0.641. The molecular formula is C22H20ClNO3. The molecule has 3 rings (SSSR count). The highest BCUT2D eigenvalue weighted by Gasteiger charge is 2.21. The van der Waals surface area contributed by atoms with Gasteiger partial charge in [-0.05, 0) is 28.0 Å². The number of fused-ring (bicyclic) bond motifs is 1. The molecule has 138 valence electrons. The summed E-state index contributed by atoms with van der Waals surface area (Å²) in [5.74, 6) is -0.593. The van der Waals surface area contributed by atoms with Gasteiger partial charge >= 0.3 is 5.97 Å². The van der Waals surface area contributed by atoms with Crippen molar-refractivity contribution in [2.24, 2.45) is 0 Å². The van der Waals surface area contributed by atoms with Crippen molar-refractivity contribution in [3.8, 4) is 0 Å². The minimum absolute atomic E-state index is 0.0176. The first-order valence-corrected chi connectivity index (χ1v) is 9.03. The third kappa shape index (κ3) is 4.86. The van der Waals surface area contributed by atoms with Gasteiger partial charge in [-0.2, -0.15) is 0 Å². The minimum Gasteiger partial charge on any atom is -0.469 e. The van der Waals surface area contributed by atoms with E-state index < -0.39 is 12.0 Å². The summed E-state index contributed by atoms with van der Waals surface area (Å²) in [6.07, 6.45) is 0.233. The van der Waals surface area contributed by atoms with Crippen LogP contribution in [0.2, 0.25) is 5.02 Å². The highest BCUT2D eigenvalue weighted by atomic mass is 35.5. The molecule has 3 aromatic carbocycles. The number of carbonyl (C=O) groups is 2. The molecule has 0 saturated heterocycles. The van der Waals surface area contributed by atoms with Crippen LogP contribution in [0.3, 0.4) is 0 Å². The number of carbonyl (C=O) groups excluding carboxylic acids is 2. The number of amides is 1. The SMILES string of the molecule is COC(=O)C[C@@H](NC(=O)Cc1ccc2ccccc2c1)c1ccccc1Cl. The molecule has 0 spiro atoms. The second-order valence-corrected chi connectivity index (χ2v) is 6.69. The van der Waals surface area contributed by atoms with E-state index in [0.717, 1.165) is 16.3 Å². The fourth-order valence-electron chi connectivity index (χ4n) is 3.03. The molecule has 5 heteroatoms. The highest BCUT2D eigenvalue weighted by Crippen LogP contribution is 2.25. The molecule has 1 N–H and O–H groups in total. The van der Waals surface area contributed by atoms with Crippen molar-refractivity contribution in [3.63, 3.8) is 0 Å². The lowest BCUT2D eigenvalue weighted by atomic mass is 10.0. The third-order valence-electron chi connectivity index (χ3n) is 4.39. The van der Waals surface area contributed by atoms with E-state index in [1.165, 1.54) is 7.11 Å². The number of hydrogen-bond donors (Lipinski definition) is 1. The maximum atomic E-state index is 12.6. The molecule has 0 saturated carbocycles. The molecule has 1 amide bonds. The number of methoxy groups -OCH3 is 1. The Kier molecular flexibility index (Phi) is 6.09. The van der Waals surface area contributed by atoms with Crippen molar-refractivity contribution in [2.45, 2.75) is 18.9 Å². The molecule has 0 aliphatic heterocycles. The van der Waals surface area contributed by atoms with Crippen molar-refractivity contribution in [1.29, 1.82) is 0 Å². The maximum absolute atomic E-state index is 12.6. The van der Waals surface area contributed by atoms with E-state index in [-0.39, 0.29) is 18.7 Å². The van der Waals surface area contributed by atoms with Gasteiger partial charge in [0.25, 0.3) is 0 Å². The predicted molar refractivity (Wildman–Crippen MR) is 107 cm³/mol. The molecule has 0 heterocycles. The second kappa shape index (κ2) is 8.69. The fraction of sp³-hybridized carbons (Fsp3) is 0.182. The molecule has 0 unspecified atom stereocenters. The number of esters is 1. The van der Waals surface area contributed by atoms with Gasteiger partial charge in [0.15, 0.2) is 0 Å². The monoisotopic (exact) mass is 381 g/mol. The predicted octanol–water partition coefficient (Wildman–Crippen LogP) is 4.46. The van der Waals surface area contributed by atoms with Gasteiger partial charge in [-0.3, -0.25) is 9.59 Å². The van der Waals surface area contributed by atoms with E-state index in [2.05, 4.69) is 5.32 Å². The van der Waals surface area contributed by atoms with Crippen LogP contribution >= 0.6 is 11.6 Å². The summed E-state index contributed by atoms with van der Waals surface area (Å²) in [6, 6.07) is 20.5. The molecule has 0 aromatic heterocycles. The third-order valence-corrected chi connectivity index (χ3v) is 4.74. The van der Waals surface area contributed by atoms with Gasteiger partial charge in [0, 0.05) is 5.02 Å². The lowest BCUT2D eigenvalue weighted by Gasteiger charge is -2.19. The second-order valence-electron chi connectivity index (χ2n) is 6.28. The van der Waals surface area contributed by atoms with Gasteiger partial charge in [0.1, 0.15) is 0 Å². The Morgan fingerprint density at radius 1 is 1.00 bits per heavy atom. The van der Waals surface area contributed by atoms with Crippen LogP contribution in [-0.4, -0.2) is 19.0 Å². The Morgan fingerprint density at radius 2 is 1.70 bits per heavy atom. The van der Waals surface area contributed by atoms with Gasteiger partial charge in [0.2, 0.25) is 5.91 Å². The first-order chi connectivity index (χ1) is 13.1. The van der Waals surface area contributed by atoms with E-state index in [9.17, 15) is 9.59 Å². The number of benzene rings is 3. The van der Waals surface area contributed by atoms with Crippen LogP contribution < -0.4 is 5.32 Å². The summed E-state index contributed by atoms with van der Waals surface area (Å²) in [4.78, 5) is 24.4. The van der Waals surface area contributed by atoms with Gasteiger partial charge in [0.05, 0.1) is 26.0 Å². The molecule has 0 aliphatic rings. The zero-order chi connectivity index (χ0) is 19.2. The zero-order valence-corrected chi connectivity index (χ0v) is 15.7. The maximum Gasteiger partial charge on any atom is 0.307 e. The zero-order valence-electron chi connectivity index (χ0n) is 14.9. The Labute approximate surface area is 163 Å². The number of ether oxygens (including phenoxy) is 1. The molecule has 0 fully saturated rings. The smallest absolute Gasteiger partial charge is 0.307 e. The molecular weight excluding hydrogens is 362 g/mol. The number of rotatable bonds is 6. The lowest BCUT2D eigenvalue weighted by Crippen LogP contribution is -2.31. The van der Waals surface area contributed by atoms with E-state index >= 15 is 0 Å². The van der Waals surface area contributed by atoms with Crippen molar-refractivity contribution >= 4 is 34.2 Å². The molecule has 3 aromatic rings. The molecule has 1 atom stereocenters. The van der Waals surface area contributed by atoms with Crippen molar-refractivity contribution in [1.82, 2.24) is 5.32 Å². The summed E-state index contributed by atoms with van der Waals surface area (Å²) >= 11 is 6.25. The van der Waals surface area contributed by atoms with Crippen LogP contribution in [0.15, 0.2) is 66.7 Å². The molecule has 0 bridgehead atoms. The first-order valence-electron chi connectivity index (χ1n) is 8.65. The highest BCUT2D eigenvalue weighted by molar-refractivity contribution is 6.31. The van der Waals surface area contributed by atoms with E-state index in [0.29, 0.717) is 10.6 Å². The van der Waals surface area contributed by atoms with Crippen molar-refractivity contribution in [2.75, 3.05) is 7.11 Å². The van der Waals surface area contributed by atoms with Gasteiger partial charge in [-0.25, -0.2) is 0 Å². The van der Waals surface area contributed by atoms with Gasteiger partial charge < -0.3 is 10.1 Å². The van der Waals surface area contributed by atoms with Crippen LogP contribution in [-0.2, 0) is 20.7 Å². The van der Waals surface area contributed by atoms with Crippen molar-refractivity contribution < 1.29 is 14.3 Å². The topological polar surface area (TPSA) is 55.4 Å². The van der Waals surface area contributed by atoms with Crippen molar-refractivity contribution in [3.05, 3.63) is 82.9 Å². The molecule has 4 nitrogen and oxygen atoms in total. The van der Waals surface area contributed by atoms with Gasteiger partial charge in [-0.15, -0.1) is 0 Å². The molecule has 0 radical (unpaired) electrons. The van der Waals surface area contributed by atoms with E-state index in [4.69, 9.17) is 16.3 Å². The summed E-state index contributed by atoms with van der Waals surface area (Å²) < 4.78 is 4.76.